The second-order valence-corrected chi connectivity index (χ2v) is 8.76. The van der Waals surface area contributed by atoms with E-state index in [1.165, 1.54) is 4.88 Å². The van der Waals surface area contributed by atoms with Gasteiger partial charge in [0, 0.05) is 10.4 Å². The summed E-state index contributed by atoms with van der Waals surface area (Å²) in [6, 6.07) is 13.2. The third-order valence-electron chi connectivity index (χ3n) is 5.36. The third kappa shape index (κ3) is 4.82. The molecule has 3 aromatic rings. The lowest BCUT2D eigenvalue weighted by atomic mass is 9.93. The van der Waals surface area contributed by atoms with Crippen molar-refractivity contribution in [1.82, 2.24) is 4.98 Å². The third-order valence-corrected chi connectivity index (χ3v) is 6.39. The van der Waals surface area contributed by atoms with Gasteiger partial charge in [-0.15, -0.1) is 11.3 Å². The number of amides is 1. The molecular weight excluding hydrogens is 412 g/mol. The van der Waals surface area contributed by atoms with E-state index in [4.69, 9.17) is 14.2 Å². The highest BCUT2D eigenvalue weighted by Crippen LogP contribution is 2.39. The predicted molar refractivity (Wildman–Crippen MR) is 122 cm³/mol. The standard InChI is InChI=1S/C24H26N2O4S/c1-15-9-10-18-21(11-15)31-24(25-18)26-23(27)17-12-19(28-2)22(20(13-17)29-3)30-14-16-7-5-4-6-8-16/h4-8,12-13,15H,9-11,14H2,1-3H3,(H,25,26,27). The Labute approximate surface area is 186 Å². The summed E-state index contributed by atoms with van der Waals surface area (Å²) in [5.74, 6) is 1.74. The number of carbonyl (C=O) groups excluding carboxylic acids is 1. The fourth-order valence-corrected chi connectivity index (χ4v) is 4.81. The van der Waals surface area contributed by atoms with E-state index in [2.05, 4.69) is 17.2 Å². The number of fused-ring (bicyclic) bond motifs is 1. The van der Waals surface area contributed by atoms with Gasteiger partial charge in [-0.2, -0.15) is 0 Å². The fourth-order valence-electron chi connectivity index (χ4n) is 3.65. The lowest BCUT2D eigenvalue weighted by Gasteiger charge is -2.16. The van der Waals surface area contributed by atoms with Crippen molar-refractivity contribution in [3.05, 3.63) is 64.2 Å². The Hall–Kier alpha value is -3.06. The van der Waals surface area contributed by atoms with Crippen LogP contribution < -0.4 is 19.5 Å². The number of hydrogen-bond acceptors (Lipinski definition) is 6. The van der Waals surface area contributed by atoms with Crippen LogP contribution in [0.15, 0.2) is 42.5 Å². The minimum Gasteiger partial charge on any atom is -0.493 e. The van der Waals surface area contributed by atoms with Crippen molar-refractivity contribution in [2.45, 2.75) is 32.8 Å². The van der Waals surface area contributed by atoms with Crippen molar-refractivity contribution < 1.29 is 19.0 Å². The molecule has 31 heavy (non-hydrogen) atoms. The van der Waals surface area contributed by atoms with E-state index in [1.54, 1.807) is 37.7 Å². The van der Waals surface area contributed by atoms with Gasteiger partial charge in [-0.25, -0.2) is 4.98 Å². The van der Waals surface area contributed by atoms with Crippen LogP contribution >= 0.6 is 11.3 Å². The van der Waals surface area contributed by atoms with E-state index in [0.29, 0.717) is 40.5 Å². The topological polar surface area (TPSA) is 69.7 Å². The molecule has 2 aromatic carbocycles. The molecule has 0 aliphatic heterocycles. The largest absolute Gasteiger partial charge is 0.493 e. The summed E-state index contributed by atoms with van der Waals surface area (Å²) >= 11 is 1.56. The van der Waals surface area contributed by atoms with Crippen molar-refractivity contribution in [3.8, 4) is 17.2 Å². The van der Waals surface area contributed by atoms with Gasteiger partial charge in [0.2, 0.25) is 5.75 Å². The molecule has 0 radical (unpaired) electrons. The van der Waals surface area contributed by atoms with Crippen molar-refractivity contribution >= 4 is 22.4 Å². The Morgan fingerprint density at radius 2 is 1.87 bits per heavy atom. The molecule has 1 amide bonds. The van der Waals surface area contributed by atoms with Gasteiger partial charge in [0.25, 0.3) is 5.91 Å². The van der Waals surface area contributed by atoms with Crippen LogP contribution in [0.3, 0.4) is 0 Å². The predicted octanol–water partition coefficient (Wildman–Crippen LogP) is 5.12. The molecule has 1 aromatic heterocycles. The molecule has 1 atom stereocenters. The normalized spacial score (nSPS) is 15.1. The van der Waals surface area contributed by atoms with Gasteiger partial charge >= 0.3 is 0 Å². The van der Waals surface area contributed by atoms with Crippen LogP contribution in [0.1, 0.15) is 39.8 Å². The van der Waals surface area contributed by atoms with Crippen LogP contribution in [-0.2, 0) is 19.4 Å². The maximum atomic E-state index is 12.9. The first-order valence-corrected chi connectivity index (χ1v) is 11.1. The Bertz CT molecular complexity index is 1040. The van der Waals surface area contributed by atoms with E-state index >= 15 is 0 Å². The molecule has 1 aliphatic rings. The second-order valence-electron chi connectivity index (χ2n) is 7.68. The zero-order valence-corrected chi connectivity index (χ0v) is 18.8. The highest BCUT2D eigenvalue weighted by molar-refractivity contribution is 7.15. The lowest BCUT2D eigenvalue weighted by molar-refractivity contribution is 0.102. The number of methoxy groups -OCH3 is 2. The molecule has 1 unspecified atom stereocenters. The first kappa shape index (κ1) is 21.2. The fraction of sp³-hybridized carbons (Fsp3) is 0.333. The maximum Gasteiger partial charge on any atom is 0.257 e. The van der Waals surface area contributed by atoms with Gasteiger partial charge in [-0.3, -0.25) is 10.1 Å². The molecule has 4 rings (SSSR count). The smallest absolute Gasteiger partial charge is 0.257 e. The maximum absolute atomic E-state index is 12.9. The Morgan fingerprint density at radius 1 is 1.16 bits per heavy atom. The number of anilines is 1. The summed E-state index contributed by atoms with van der Waals surface area (Å²) in [5.41, 5.74) is 2.55. The lowest BCUT2D eigenvalue weighted by Crippen LogP contribution is -2.13. The molecule has 1 heterocycles. The number of carbonyl (C=O) groups is 1. The molecule has 1 aliphatic carbocycles. The molecular formula is C24H26N2O4S. The van der Waals surface area contributed by atoms with Crippen LogP contribution in [0, 0.1) is 5.92 Å². The molecule has 6 nitrogen and oxygen atoms in total. The second kappa shape index (κ2) is 9.39. The van der Waals surface area contributed by atoms with Crippen molar-refractivity contribution in [2.24, 2.45) is 5.92 Å². The van der Waals surface area contributed by atoms with Crippen LogP contribution in [0.25, 0.3) is 0 Å². The number of nitrogens with zero attached hydrogens (tertiary/aromatic N) is 1. The number of aromatic nitrogens is 1. The molecule has 0 saturated carbocycles. The number of nitrogens with one attached hydrogen (secondary N) is 1. The van der Waals surface area contributed by atoms with Crippen molar-refractivity contribution in [1.29, 1.82) is 0 Å². The van der Waals surface area contributed by atoms with E-state index in [0.717, 1.165) is 30.5 Å². The summed E-state index contributed by atoms with van der Waals surface area (Å²) in [6.45, 7) is 2.61. The summed E-state index contributed by atoms with van der Waals surface area (Å²) < 4.78 is 17.0. The first-order valence-electron chi connectivity index (χ1n) is 10.3. The van der Waals surface area contributed by atoms with E-state index < -0.39 is 0 Å². The van der Waals surface area contributed by atoms with Gasteiger partial charge in [0.15, 0.2) is 16.6 Å². The highest BCUT2D eigenvalue weighted by atomic mass is 32.1. The quantitative estimate of drug-likeness (QED) is 0.555. The molecule has 0 fully saturated rings. The average molecular weight is 439 g/mol. The van der Waals surface area contributed by atoms with Gasteiger partial charge < -0.3 is 14.2 Å². The number of ether oxygens (including phenoxy) is 3. The SMILES string of the molecule is COc1cc(C(=O)Nc2nc3c(s2)CC(C)CC3)cc(OC)c1OCc1ccccc1. The Morgan fingerprint density at radius 3 is 2.55 bits per heavy atom. The minimum absolute atomic E-state index is 0.259. The highest BCUT2D eigenvalue weighted by Gasteiger charge is 2.22. The van der Waals surface area contributed by atoms with Gasteiger partial charge in [-0.05, 0) is 42.9 Å². The van der Waals surface area contributed by atoms with Crippen molar-refractivity contribution in [2.75, 3.05) is 19.5 Å². The Balaban J connectivity index is 1.53. The molecule has 0 bridgehead atoms. The van der Waals surface area contributed by atoms with Crippen LogP contribution in [0.4, 0.5) is 5.13 Å². The average Bonchev–Trinajstić information content (AvgIpc) is 3.18. The monoisotopic (exact) mass is 438 g/mol. The van der Waals surface area contributed by atoms with Crippen molar-refractivity contribution in [3.63, 3.8) is 0 Å². The van der Waals surface area contributed by atoms with E-state index in [9.17, 15) is 4.79 Å². The van der Waals surface area contributed by atoms with Gasteiger partial charge in [0.05, 0.1) is 19.9 Å². The number of hydrogen-bond donors (Lipinski definition) is 1. The van der Waals surface area contributed by atoms with Crippen LogP contribution in [0.2, 0.25) is 0 Å². The molecule has 0 spiro atoms. The summed E-state index contributed by atoms with van der Waals surface area (Å²) in [4.78, 5) is 18.8. The molecule has 7 heteroatoms. The van der Waals surface area contributed by atoms with Crippen LogP contribution in [0.5, 0.6) is 17.2 Å². The zero-order chi connectivity index (χ0) is 21.8. The summed E-state index contributed by atoms with van der Waals surface area (Å²) in [6.07, 6.45) is 3.14. The number of thiazole rings is 1. The summed E-state index contributed by atoms with van der Waals surface area (Å²) in [5, 5.41) is 3.56. The molecule has 0 saturated heterocycles. The van der Waals surface area contributed by atoms with Gasteiger partial charge in [0.1, 0.15) is 6.61 Å². The van der Waals surface area contributed by atoms with E-state index in [1.807, 2.05) is 30.3 Å². The number of aryl methyl sites for hydroxylation is 1. The number of benzene rings is 2. The van der Waals surface area contributed by atoms with E-state index in [-0.39, 0.29) is 5.91 Å². The molecule has 1 N–H and O–H groups in total. The zero-order valence-electron chi connectivity index (χ0n) is 17.9. The summed E-state index contributed by atoms with van der Waals surface area (Å²) in [7, 11) is 3.09. The number of rotatable bonds is 7. The Kier molecular flexibility index (Phi) is 6.42. The first-order chi connectivity index (χ1) is 15.1. The minimum atomic E-state index is -0.259. The molecule has 162 valence electrons. The van der Waals surface area contributed by atoms with Gasteiger partial charge in [-0.1, -0.05) is 37.3 Å². The van der Waals surface area contributed by atoms with Crippen LogP contribution in [-0.4, -0.2) is 25.1 Å².